The Kier molecular flexibility index (Phi) is 11.0. The molecule has 0 unspecified atom stereocenters. The van der Waals surface area contributed by atoms with Crippen LogP contribution in [-0.2, 0) is 42.8 Å². The van der Waals surface area contributed by atoms with E-state index in [1.807, 2.05) is 0 Å². The molecule has 0 radical (unpaired) electrons. The van der Waals surface area contributed by atoms with Gasteiger partial charge in [-0.2, -0.15) is 0 Å². The number of aromatic hydroxyl groups is 2. The Labute approximate surface area is 306 Å². The number of phenols is 2. The number of methoxy groups -OCH3 is 3. The van der Waals surface area contributed by atoms with Crippen LogP contribution in [0, 0.1) is 5.92 Å². The molecule has 7 N–H and O–H groups in total. The number of rotatable bonds is 9. The van der Waals surface area contributed by atoms with Crippen LogP contribution in [0.4, 0.5) is 0 Å². The lowest BCUT2D eigenvalue weighted by molar-refractivity contribution is -0.383. The van der Waals surface area contributed by atoms with Crippen molar-refractivity contribution < 1.29 is 92.8 Å². The van der Waals surface area contributed by atoms with E-state index in [1.54, 1.807) is 0 Å². The summed E-state index contributed by atoms with van der Waals surface area (Å²) in [5.41, 5.74) is 0.450. The molecule has 4 aliphatic rings. The molecule has 0 aromatic heterocycles. The zero-order valence-electron chi connectivity index (χ0n) is 29.3. The van der Waals surface area contributed by atoms with Gasteiger partial charge in [-0.15, -0.1) is 0 Å². The lowest BCUT2D eigenvalue weighted by atomic mass is 9.70. The zero-order valence-corrected chi connectivity index (χ0v) is 29.3. The van der Waals surface area contributed by atoms with Gasteiger partial charge >= 0.3 is 17.9 Å². The zero-order chi connectivity index (χ0) is 39.2. The Hall–Kier alpha value is -4.73. The number of ether oxygens (including phenoxy) is 9. The first kappa shape index (κ1) is 39.0. The van der Waals surface area contributed by atoms with Crippen molar-refractivity contribution in [2.75, 3.05) is 41.2 Å². The van der Waals surface area contributed by atoms with Crippen LogP contribution in [-0.4, -0.2) is 150 Å². The molecule has 2 bridgehead atoms. The van der Waals surface area contributed by atoms with Crippen LogP contribution in [0.1, 0.15) is 29.5 Å². The van der Waals surface area contributed by atoms with Crippen LogP contribution in [0.15, 0.2) is 29.8 Å². The topological polar surface area (TPSA) is 276 Å². The molecule has 3 aliphatic heterocycles. The van der Waals surface area contributed by atoms with Crippen molar-refractivity contribution in [2.24, 2.45) is 5.92 Å². The number of hydrogen-bond acceptors (Lipinski definition) is 19. The average molecular weight is 765 g/mol. The van der Waals surface area contributed by atoms with Crippen LogP contribution in [0.2, 0.25) is 0 Å². The molecular weight excluding hydrogens is 724 g/mol. The van der Waals surface area contributed by atoms with Gasteiger partial charge in [0.05, 0.1) is 26.9 Å². The summed E-state index contributed by atoms with van der Waals surface area (Å²) in [6, 6.07) is 5.52. The molecule has 11 atom stereocenters. The fraction of sp³-hybridized carbons (Fsp3) is 0.514. The van der Waals surface area contributed by atoms with Gasteiger partial charge in [-0.25, -0.2) is 4.79 Å². The monoisotopic (exact) mass is 764 g/mol. The van der Waals surface area contributed by atoms with Gasteiger partial charge in [-0.3, -0.25) is 9.59 Å². The number of aliphatic hydroxyl groups is 5. The molecule has 2 aromatic rings. The summed E-state index contributed by atoms with van der Waals surface area (Å²) in [6.07, 6.45) is -13.1. The average Bonchev–Trinajstić information content (AvgIpc) is 3.40. The van der Waals surface area contributed by atoms with Crippen molar-refractivity contribution in [3.8, 4) is 28.7 Å². The molecule has 3 fully saturated rings. The van der Waals surface area contributed by atoms with Gasteiger partial charge in [0.2, 0.25) is 11.5 Å². The van der Waals surface area contributed by atoms with Gasteiger partial charge in [-0.05, 0) is 35.4 Å². The molecule has 3 saturated heterocycles. The Bertz CT molecular complexity index is 1810. The van der Waals surface area contributed by atoms with Crippen LogP contribution in [0.3, 0.4) is 0 Å². The molecule has 54 heavy (non-hydrogen) atoms. The second-order valence-corrected chi connectivity index (χ2v) is 13.0. The molecule has 0 amide bonds. The van der Waals surface area contributed by atoms with E-state index in [0.29, 0.717) is 0 Å². The van der Waals surface area contributed by atoms with Crippen LogP contribution < -0.4 is 14.2 Å². The third-order valence-corrected chi connectivity index (χ3v) is 9.81. The van der Waals surface area contributed by atoms with Crippen LogP contribution in [0.5, 0.6) is 28.7 Å². The highest BCUT2D eigenvalue weighted by atomic mass is 16.8. The number of aliphatic hydroxyl groups excluding tert-OH is 5. The first-order valence-corrected chi connectivity index (χ1v) is 16.6. The van der Waals surface area contributed by atoms with Crippen molar-refractivity contribution in [1.82, 2.24) is 0 Å². The third-order valence-electron chi connectivity index (χ3n) is 9.81. The number of carbonyl (C=O) groups is 3. The van der Waals surface area contributed by atoms with Gasteiger partial charge in [-0.1, -0.05) is 6.07 Å². The number of carbonyl (C=O) groups excluding carboxylic acids is 3. The number of esters is 3. The van der Waals surface area contributed by atoms with E-state index in [-0.39, 0.29) is 45.3 Å². The van der Waals surface area contributed by atoms with E-state index in [1.165, 1.54) is 51.7 Å². The molecule has 19 heteroatoms. The van der Waals surface area contributed by atoms with E-state index < -0.39 is 110 Å². The van der Waals surface area contributed by atoms with Crippen LogP contribution in [0.25, 0.3) is 6.08 Å². The summed E-state index contributed by atoms with van der Waals surface area (Å²) in [4.78, 5) is 40.0. The maximum Gasteiger partial charge on any atom is 0.335 e. The van der Waals surface area contributed by atoms with Crippen molar-refractivity contribution in [3.63, 3.8) is 0 Å². The molecule has 0 saturated carbocycles. The van der Waals surface area contributed by atoms with Gasteiger partial charge in [0.15, 0.2) is 35.4 Å². The van der Waals surface area contributed by atoms with E-state index >= 15 is 0 Å². The highest BCUT2D eigenvalue weighted by Crippen LogP contribution is 2.54. The third kappa shape index (κ3) is 6.66. The van der Waals surface area contributed by atoms with Gasteiger partial charge < -0.3 is 78.4 Å². The second-order valence-electron chi connectivity index (χ2n) is 13.0. The van der Waals surface area contributed by atoms with E-state index in [9.17, 15) is 50.1 Å². The largest absolute Gasteiger partial charge is 0.504 e. The van der Waals surface area contributed by atoms with Crippen molar-refractivity contribution in [1.29, 1.82) is 0 Å². The van der Waals surface area contributed by atoms with E-state index in [0.717, 1.165) is 6.92 Å². The smallest absolute Gasteiger partial charge is 0.335 e. The molecule has 294 valence electrons. The number of phenolic OH excluding ortho intramolecular Hbond substituents is 2. The van der Waals surface area contributed by atoms with Crippen molar-refractivity contribution in [2.45, 2.75) is 67.6 Å². The lowest BCUT2D eigenvalue weighted by Crippen LogP contribution is -2.63. The highest BCUT2D eigenvalue weighted by molar-refractivity contribution is 6.02. The normalized spacial score (nSPS) is 33.3. The minimum absolute atomic E-state index is 0.0156. The van der Waals surface area contributed by atoms with Gasteiger partial charge in [0.1, 0.15) is 62.4 Å². The summed E-state index contributed by atoms with van der Waals surface area (Å²) in [6.45, 7) is -1.35. The van der Waals surface area contributed by atoms with E-state index in [2.05, 4.69) is 0 Å². The fourth-order valence-electron chi connectivity index (χ4n) is 7.15. The standard InChI is InChI=1S/C35H40O19/c1-13(37)49-10-20-25(39)28(42)29(43)34(51-20)54-35(12-36)31-27(41)21(53-35)11-50-32(44)16-7-15-9-19(47-3)26(40)30(48-4)23(15)22(24(16)33(45)52-31)14-5-6-17(38)18(8-14)46-2/h5-9,20-22,24-25,27-29,31,34,36,38-43H,10-12H2,1-4H3/t20-,21+,22-,24+,25-,27-,28-,29-,31-,34-,35-/m1/s1. The molecule has 3 heterocycles. The summed E-state index contributed by atoms with van der Waals surface area (Å²) in [5, 5.41) is 75.6. The summed E-state index contributed by atoms with van der Waals surface area (Å²) in [5.74, 6) is -9.35. The minimum atomic E-state index is -2.56. The van der Waals surface area contributed by atoms with Gasteiger partial charge in [0.25, 0.3) is 0 Å². The Morgan fingerprint density at radius 3 is 2.30 bits per heavy atom. The lowest BCUT2D eigenvalue weighted by Gasteiger charge is -2.44. The quantitative estimate of drug-likeness (QED) is 0.114. The molecule has 1 aliphatic carbocycles. The number of fused-ring (bicyclic) bond motifs is 4. The Morgan fingerprint density at radius 1 is 0.926 bits per heavy atom. The summed E-state index contributed by atoms with van der Waals surface area (Å²) >= 11 is 0. The number of benzene rings is 2. The number of hydrogen-bond donors (Lipinski definition) is 7. The van der Waals surface area contributed by atoms with Gasteiger partial charge in [0, 0.05) is 18.4 Å². The Morgan fingerprint density at radius 2 is 1.65 bits per heavy atom. The first-order chi connectivity index (χ1) is 25.7. The number of cyclic esters (lactones) is 1. The van der Waals surface area contributed by atoms with E-state index in [4.69, 9.17) is 42.6 Å². The minimum Gasteiger partial charge on any atom is -0.504 e. The predicted molar refractivity (Wildman–Crippen MR) is 175 cm³/mol. The first-order valence-electron chi connectivity index (χ1n) is 16.6. The molecule has 19 nitrogen and oxygen atoms in total. The molecule has 0 spiro atoms. The van der Waals surface area contributed by atoms with Crippen molar-refractivity contribution >= 4 is 24.0 Å². The summed E-state index contributed by atoms with van der Waals surface area (Å²) in [7, 11) is 3.85. The second kappa shape index (κ2) is 15.2. The summed E-state index contributed by atoms with van der Waals surface area (Å²) < 4.78 is 50.0. The van der Waals surface area contributed by atoms with Crippen LogP contribution >= 0.6 is 0 Å². The maximum atomic E-state index is 14.6. The highest BCUT2D eigenvalue weighted by Gasteiger charge is 2.62. The predicted octanol–water partition coefficient (Wildman–Crippen LogP) is -1.43. The Balaban J connectivity index is 1.45. The molecule has 6 rings (SSSR count). The maximum absolute atomic E-state index is 14.6. The SMILES string of the molecule is COc1cc([C@@H]2c3c(cc(OC)c(O)c3OC)C=C3C(=O)OC[C@@H]4O[C@](CO)(O[C@H]5O[C@H](COC(C)=O)[C@@H](O)[C@@H](O)[C@H]5O)[C@H](OC(=O)[C@@H]32)[C@@H]4O)ccc1O. The molecular formula is C35H40O19. The van der Waals surface area contributed by atoms with Crippen molar-refractivity contribution in [3.05, 3.63) is 46.5 Å². The fourth-order valence-corrected chi connectivity index (χ4v) is 7.15. The molecule has 2 aromatic carbocycles.